The normalized spacial score (nSPS) is 12.0. The van der Waals surface area contributed by atoms with E-state index in [-0.39, 0.29) is 28.3 Å². The Kier molecular flexibility index (Phi) is 7.40. The van der Waals surface area contributed by atoms with Gasteiger partial charge in [-0.3, -0.25) is 15.1 Å². The van der Waals surface area contributed by atoms with Crippen LogP contribution in [-0.2, 0) is 4.79 Å². The Morgan fingerprint density at radius 1 is 0.902 bits per heavy atom. The van der Waals surface area contributed by atoms with E-state index in [0.29, 0.717) is 27.3 Å². The van der Waals surface area contributed by atoms with E-state index < -0.39 is 29.5 Å². The molecule has 10 heteroatoms. The average Bonchev–Trinajstić information content (AvgIpc) is 2.98. The number of aliphatic hydroxyl groups excluding tert-OH is 1. The number of phenolic OH excluding ortho intramolecular Hbond substituents is 1. The molecular weight excluding hydrogens is 528 g/mol. The van der Waals surface area contributed by atoms with Crippen LogP contribution in [-0.4, -0.2) is 51.0 Å². The van der Waals surface area contributed by atoms with Gasteiger partial charge in [0, 0.05) is 35.0 Å². The molecule has 0 saturated carbocycles. The summed E-state index contributed by atoms with van der Waals surface area (Å²) in [5.41, 5.74) is 0.837. The maximum atomic E-state index is 13.1. The molecule has 3 N–H and O–H groups in total. The molecule has 0 aliphatic rings. The van der Waals surface area contributed by atoms with E-state index in [0.717, 1.165) is 5.39 Å². The highest BCUT2D eigenvalue weighted by Gasteiger charge is 2.23. The Morgan fingerprint density at radius 3 is 2.17 bits per heavy atom. The summed E-state index contributed by atoms with van der Waals surface area (Å²) in [6, 6.07) is 23.1. The van der Waals surface area contributed by atoms with Crippen LogP contribution in [0.25, 0.3) is 32.7 Å². The number of nitrogens with zero attached hydrogens (tertiary/aromatic N) is 2. The largest absolute Gasteiger partial charge is 0.507 e. The fourth-order valence-corrected chi connectivity index (χ4v) is 4.54. The number of aliphatic hydroxyl groups is 1. The van der Waals surface area contributed by atoms with Gasteiger partial charge in [0.15, 0.2) is 6.04 Å². The number of nitro benzene ring substituents is 1. The van der Waals surface area contributed by atoms with Gasteiger partial charge in [0.05, 0.1) is 17.1 Å². The summed E-state index contributed by atoms with van der Waals surface area (Å²) >= 11 is 0. The fraction of sp³-hybridized carbons (Fsp3) is 0.0645. The third-order valence-corrected chi connectivity index (χ3v) is 6.56. The molecule has 0 radical (unpaired) electrons. The number of nitro groups is 1. The number of carboxylic acid groups (broad SMARTS) is 1. The van der Waals surface area contributed by atoms with E-state index in [1.54, 1.807) is 42.5 Å². The lowest BCUT2D eigenvalue weighted by atomic mass is 9.90. The maximum Gasteiger partial charge on any atom is 0.343 e. The van der Waals surface area contributed by atoms with Crippen molar-refractivity contribution in [1.82, 2.24) is 0 Å². The molecule has 5 aromatic rings. The summed E-state index contributed by atoms with van der Waals surface area (Å²) in [5, 5.41) is 44.0. The van der Waals surface area contributed by atoms with Crippen LogP contribution < -0.4 is 4.74 Å². The molecule has 5 rings (SSSR count). The molecule has 0 aromatic heterocycles. The summed E-state index contributed by atoms with van der Waals surface area (Å²) in [6.45, 7) is -0.723. The van der Waals surface area contributed by atoms with Crippen molar-refractivity contribution in [1.29, 1.82) is 0 Å². The number of esters is 1. The van der Waals surface area contributed by atoms with Gasteiger partial charge in [0.25, 0.3) is 5.69 Å². The van der Waals surface area contributed by atoms with Crippen molar-refractivity contribution in [2.75, 3.05) is 6.61 Å². The molecule has 0 fully saturated rings. The Bertz CT molecular complexity index is 1850. The van der Waals surface area contributed by atoms with Gasteiger partial charge in [-0.2, -0.15) is 0 Å². The minimum Gasteiger partial charge on any atom is -0.507 e. The van der Waals surface area contributed by atoms with Crippen LogP contribution in [0.4, 0.5) is 5.69 Å². The highest BCUT2D eigenvalue weighted by atomic mass is 16.6. The number of carbonyl (C=O) groups is 2. The number of ether oxygens (including phenoxy) is 1. The third-order valence-electron chi connectivity index (χ3n) is 6.56. The molecule has 1 atom stereocenters. The van der Waals surface area contributed by atoms with Crippen molar-refractivity contribution in [3.05, 3.63) is 112 Å². The zero-order valence-corrected chi connectivity index (χ0v) is 21.3. The van der Waals surface area contributed by atoms with E-state index in [2.05, 4.69) is 4.99 Å². The Morgan fingerprint density at radius 2 is 1.54 bits per heavy atom. The molecular formula is C31H22N2O8. The van der Waals surface area contributed by atoms with E-state index in [1.807, 2.05) is 24.3 Å². The standard InChI is InChI=1S/C31H22N2O8/c34-17-25(30(36)37)32-16-21-15-20-6-2-4-8-24(20)28(29(21)35)27-23-7-3-1-5-18(23)11-14-26(27)41-31(38)19-9-12-22(13-10-19)33(39)40/h1-16,25,34-35H,17H2,(H,36,37)/t25-/m1/s1. The van der Waals surface area contributed by atoms with Crippen molar-refractivity contribution in [3.63, 3.8) is 0 Å². The smallest absolute Gasteiger partial charge is 0.343 e. The maximum absolute atomic E-state index is 13.1. The molecule has 0 amide bonds. The molecule has 0 unspecified atom stereocenters. The van der Waals surface area contributed by atoms with Crippen molar-refractivity contribution in [3.8, 4) is 22.6 Å². The Labute approximate surface area is 232 Å². The minimum atomic E-state index is -1.42. The number of aliphatic imine (C=N–C) groups is 1. The number of phenols is 1. The summed E-state index contributed by atoms with van der Waals surface area (Å²) in [5.74, 6) is -2.19. The quantitative estimate of drug-likeness (QED) is 0.0766. The SMILES string of the molecule is O=C(Oc1ccc2ccccc2c1-c1c(O)c(C=N[C@H](CO)C(=O)O)cc2ccccc12)c1ccc([N+](=O)[O-])cc1. The first-order valence-corrected chi connectivity index (χ1v) is 12.4. The van der Waals surface area contributed by atoms with Crippen LogP contribution in [0, 0.1) is 10.1 Å². The lowest BCUT2D eigenvalue weighted by molar-refractivity contribution is -0.384. The van der Waals surface area contributed by atoms with Crippen LogP contribution >= 0.6 is 0 Å². The van der Waals surface area contributed by atoms with Crippen molar-refractivity contribution in [2.24, 2.45) is 4.99 Å². The molecule has 5 aromatic carbocycles. The third kappa shape index (κ3) is 5.32. The van der Waals surface area contributed by atoms with Crippen LogP contribution in [0.5, 0.6) is 11.5 Å². The van der Waals surface area contributed by atoms with E-state index >= 15 is 0 Å². The molecule has 0 bridgehead atoms. The predicted octanol–water partition coefficient (Wildman–Crippen LogP) is 5.36. The molecule has 204 valence electrons. The van der Waals surface area contributed by atoms with E-state index in [1.165, 1.54) is 30.5 Å². The Balaban J connectivity index is 1.72. The number of fused-ring (bicyclic) bond motifs is 2. The first-order chi connectivity index (χ1) is 19.8. The first kappa shape index (κ1) is 27.0. The number of benzene rings is 5. The number of hydrogen-bond donors (Lipinski definition) is 3. The van der Waals surface area contributed by atoms with Crippen LogP contribution in [0.15, 0.2) is 96.0 Å². The van der Waals surface area contributed by atoms with Crippen molar-refractivity contribution < 1.29 is 34.6 Å². The molecule has 0 heterocycles. The van der Waals surface area contributed by atoms with Crippen molar-refractivity contribution >= 4 is 45.4 Å². The summed E-state index contributed by atoms with van der Waals surface area (Å²) in [7, 11) is 0. The zero-order valence-electron chi connectivity index (χ0n) is 21.3. The summed E-state index contributed by atoms with van der Waals surface area (Å²) < 4.78 is 5.82. The molecule has 41 heavy (non-hydrogen) atoms. The zero-order chi connectivity index (χ0) is 29.1. The molecule has 0 aliphatic carbocycles. The van der Waals surface area contributed by atoms with Gasteiger partial charge < -0.3 is 20.1 Å². The number of aromatic hydroxyl groups is 1. The second-order valence-corrected chi connectivity index (χ2v) is 9.08. The van der Waals surface area contributed by atoms with Crippen LogP contribution in [0.2, 0.25) is 0 Å². The monoisotopic (exact) mass is 550 g/mol. The number of non-ortho nitro benzene ring substituents is 1. The summed E-state index contributed by atoms with van der Waals surface area (Å²) in [4.78, 5) is 38.9. The fourth-order valence-electron chi connectivity index (χ4n) is 4.54. The number of aliphatic carboxylic acids is 1. The minimum absolute atomic E-state index is 0.0911. The lowest BCUT2D eigenvalue weighted by Gasteiger charge is -2.18. The number of carbonyl (C=O) groups excluding carboxylic acids is 1. The second-order valence-electron chi connectivity index (χ2n) is 9.08. The van der Waals surface area contributed by atoms with Gasteiger partial charge in [0.1, 0.15) is 11.5 Å². The van der Waals surface area contributed by atoms with Gasteiger partial charge in [0.2, 0.25) is 0 Å². The number of hydrogen-bond acceptors (Lipinski definition) is 8. The average molecular weight is 551 g/mol. The van der Waals surface area contributed by atoms with Gasteiger partial charge in [-0.15, -0.1) is 0 Å². The molecule has 0 saturated heterocycles. The van der Waals surface area contributed by atoms with Gasteiger partial charge in [-0.05, 0) is 45.8 Å². The van der Waals surface area contributed by atoms with E-state index in [9.17, 15) is 35.0 Å². The lowest BCUT2D eigenvalue weighted by Crippen LogP contribution is -2.22. The Hall–Kier alpha value is -5.61. The number of carboxylic acids is 1. The molecule has 0 aliphatic heterocycles. The second kappa shape index (κ2) is 11.2. The van der Waals surface area contributed by atoms with Crippen LogP contribution in [0.1, 0.15) is 15.9 Å². The molecule has 10 nitrogen and oxygen atoms in total. The molecule has 0 spiro atoms. The first-order valence-electron chi connectivity index (χ1n) is 12.4. The number of rotatable bonds is 8. The van der Waals surface area contributed by atoms with Crippen molar-refractivity contribution in [2.45, 2.75) is 6.04 Å². The van der Waals surface area contributed by atoms with Gasteiger partial charge in [-0.25, -0.2) is 9.59 Å². The van der Waals surface area contributed by atoms with Crippen LogP contribution in [0.3, 0.4) is 0 Å². The van der Waals surface area contributed by atoms with Gasteiger partial charge in [-0.1, -0.05) is 54.6 Å². The van der Waals surface area contributed by atoms with E-state index in [4.69, 9.17) is 4.74 Å². The topological polar surface area (TPSA) is 160 Å². The summed E-state index contributed by atoms with van der Waals surface area (Å²) in [6.07, 6.45) is 1.19. The predicted molar refractivity (Wildman–Crippen MR) is 153 cm³/mol. The highest BCUT2D eigenvalue weighted by molar-refractivity contribution is 6.13. The highest BCUT2D eigenvalue weighted by Crippen LogP contribution is 2.46. The van der Waals surface area contributed by atoms with Gasteiger partial charge >= 0.3 is 11.9 Å².